The van der Waals surface area contributed by atoms with Gasteiger partial charge in [0, 0.05) is 23.7 Å². The number of ether oxygens (including phenoxy) is 1. The first kappa shape index (κ1) is 16.8. The summed E-state index contributed by atoms with van der Waals surface area (Å²) in [7, 11) is 1.62. The highest BCUT2D eigenvalue weighted by molar-refractivity contribution is 5.95. The topological polar surface area (TPSA) is 130 Å². The highest BCUT2D eigenvalue weighted by Gasteiger charge is 2.35. The van der Waals surface area contributed by atoms with E-state index in [1.54, 1.807) is 11.6 Å². The standard InChI is InChI=1S/C19H20N8O/c1-28-14-4-2-3-13-16(14)24-19(21)27-18(13)25-17(26-27)11-5-10(6-11)12-8-22-15(7-20)23-9-12/h2-4,8-11H,5-7,20H2,1H3,(H2,21,24)/t10-,11+. The van der Waals surface area contributed by atoms with Crippen LogP contribution in [-0.4, -0.2) is 36.7 Å². The van der Waals surface area contributed by atoms with Crippen LogP contribution in [-0.2, 0) is 6.54 Å². The van der Waals surface area contributed by atoms with Gasteiger partial charge in [0.1, 0.15) is 17.1 Å². The van der Waals surface area contributed by atoms with Gasteiger partial charge in [-0.05, 0) is 36.5 Å². The Labute approximate surface area is 160 Å². The van der Waals surface area contributed by atoms with E-state index < -0.39 is 0 Å². The molecule has 0 radical (unpaired) electrons. The maximum Gasteiger partial charge on any atom is 0.223 e. The van der Waals surface area contributed by atoms with E-state index in [1.807, 2.05) is 30.6 Å². The van der Waals surface area contributed by atoms with Gasteiger partial charge in [-0.3, -0.25) is 0 Å². The normalized spacial score (nSPS) is 19.1. The molecule has 0 spiro atoms. The van der Waals surface area contributed by atoms with Crippen LogP contribution in [0, 0.1) is 0 Å². The van der Waals surface area contributed by atoms with Crippen molar-refractivity contribution in [1.82, 2.24) is 29.5 Å². The van der Waals surface area contributed by atoms with E-state index in [2.05, 4.69) is 20.1 Å². The fourth-order valence-electron chi connectivity index (χ4n) is 3.76. The van der Waals surface area contributed by atoms with Crippen molar-refractivity contribution in [3.63, 3.8) is 0 Å². The second-order valence-electron chi connectivity index (χ2n) is 7.03. The van der Waals surface area contributed by atoms with Crippen LogP contribution in [0.4, 0.5) is 5.95 Å². The van der Waals surface area contributed by atoms with E-state index >= 15 is 0 Å². The molecule has 1 aromatic carbocycles. The average molecular weight is 376 g/mol. The van der Waals surface area contributed by atoms with Crippen LogP contribution in [0.25, 0.3) is 16.6 Å². The first-order chi connectivity index (χ1) is 13.7. The Morgan fingerprint density at radius 2 is 1.93 bits per heavy atom. The summed E-state index contributed by atoms with van der Waals surface area (Å²) in [6.45, 7) is 0.354. The van der Waals surface area contributed by atoms with Crippen molar-refractivity contribution in [3.05, 3.63) is 47.8 Å². The molecule has 1 saturated carbocycles. The van der Waals surface area contributed by atoms with Crippen molar-refractivity contribution >= 4 is 22.5 Å². The zero-order valence-electron chi connectivity index (χ0n) is 15.4. The molecule has 1 fully saturated rings. The Morgan fingerprint density at radius 3 is 2.64 bits per heavy atom. The van der Waals surface area contributed by atoms with E-state index in [0.29, 0.717) is 41.1 Å². The Hall–Kier alpha value is -3.33. The highest BCUT2D eigenvalue weighted by Crippen LogP contribution is 2.46. The number of nitrogens with two attached hydrogens (primary N) is 2. The average Bonchev–Trinajstić information content (AvgIpc) is 3.13. The molecule has 0 amide bonds. The lowest BCUT2D eigenvalue weighted by molar-refractivity contribution is 0.336. The number of para-hydroxylation sites is 1. The van der Waals surface area contributed by atoms with Gasteiger partial charge >= 0.3 is 0 Å². The number of methoxy groups -OCH3 is 1. The Balaban J connectivity index is 1.46. The number of aromatic nitrogens is 6. The first-order valence-corrected chi connectivity index (χ1v) is 9.17. The van der Waals surface area contributed by atoms with Crippen LogP contribution >= 0.6 is 0 Å². The fraction of sp³-hybridized carbons (Fsp3) is 0.316. The Kier molecular flexibility index (Phi) is 3.83. The third-order valence-corrected chi connectivity index (χ3v) is 5.41. The van der Waals surface area contributed by atoms with Gasteiger partial charge in [0.25, 0.3) is 0 Å². The molecule has 142 valence electrons. The van der Waals surface area contributed by atoms with Crippen LogP contribution < -0.4 is 16.2 Å². The molecule has 28 heavy (non-hydrogen) atoms. The monoisotopic (exact) mass is 376 g/mol. The van der Waals surface area contributed by atoms with E-state index in [1.165, 1.54) is 0 Å². The van der Waals surface area contributed by atoms with Gasteiger partial charge < -0.3 is 16.2 Å². The van der Waals surface area contributed by atoms with Crippen molar-refractivity contribution in [2.75, 3.05) is 12.8 Å². The lowest BCUT2D eigenvalue weighted by atomic mass is 9.72. The summed E-state index contributed by atoms with van der Waals surface area (Å²) >= 11 is 0. The second-order valence-corrected chi connectivity index (χ2v) is 7.03. The molecule has 0 atom stereocenters. The van der Waals surface area contributed by atoms with Crippen molar-refractivity contribution < 1.29 is 4.74 Å². The number of hydrogen-bond donors (Lipinski definition) is 2. The van der Waals surface area contributed by atoms with Gasteiger partial charge in [-0.2, -0.15) is 4.52 Å². The van der Waals surface area contributed by atoms with Crippen LogP contribution in [0.5, 0.6) is 5.75 Å². The van der Waals surface area contributed by atoms with Gasteiger partial charge in [-0.1, -0.05) is 6.07 Å². The van der Waals surface area contributed by atoms with Crippen molar-refractivity contribution in [3.8, 4) is 5.75 Å². The van der Waals surface area contributed by atoms with E-state index in [9.17, 15) is 0 Å². The van der Waals surface area contributed by atoms with Crippen molar-refractivity contribution in [2.24, 2.45) is 5.73 Å². The number of nitrogen functional groups attached to an aromatic ring is 1. The van der Waals surface area contributed by atoms with Gasteiger partial charge in [0.2, 0.25) is 5.95 Å². The predicted molar refractivity (Wildman–Crippen MR) is 104 cm³/mol. The number of benzene rings is 1. The lowest BCUT2D eigenvalue weighted by Crippen LogP contribution is -2.22. The minimum Gasteiger partial charge on any atom is -0.494 e. The SMILES string of the molecule is COc1cccc2c1nc(N)n1nc([C@H]3C[C@@H](c4cnc(CN)nc4)C3)nc21. The number of nitrogens with zero attached hydrogens (tertiary/aromatic N) is 6. The third kappa shape index (κ3) is 2.55. The molecule has 0 bridgehead atoms. The third-order valence-electron chi connectivity index (χ3n) is 5.41. The van der Waals surface area contributed by atoms with Crippen molar-refractivity contribution in [2.45, 2.75) is 31.2 Å². The van der Waals surface area contributed by atoms with Gasteiger partial charge in [0.15, 0.2) is 11.5 Å². The summed E-state index contributed by atoms with van der Waals surface area (Å²) in [6, 6.07) is 5.73. The fourth-order valence-corrected chi connectivity index (χ4v) is 3.76. The molecule has 4 aromatic rings. The highest BCUT2D eigenvalue weighted by atomic mass is 16.5. The van der Waals surface area contributed by atoms with Crippen molar-refractivity contribution in [1.29, 1.82) is 0 Å². The molecule has 0 unspecified atom stereocenters. The molecular formula is C19H20N8O. The predicted octanol–water partition coefficient (Wildman–Crippen LogP) is 1.78. The number of hydrogen-bond acceptors (Lipinski definition) is 8. The second kappa shape index (κ2) is 6.38. The lowest BCUT2D eigenvalue weighted by Gasteiger charge is -2.33. The Morgan fingerprint density at radius 1 is 1.14 bits per heavy atom. The Bertz CT molecular complexity index is 1160. The first-order valence-electron chi connectivity index (χ1n) is 9.17. The maximum absolute atomic E-state index is 6.13. The summed E-state index contributed by atoms with van der Waals surface area (Å²) in [5, 5.41) is 5.49. The summed E-state index contributed by atoms with van der Waals surface area (Å²) < 4.78 is 7.02. The number of fused-ring (bicyclic) bond motifs is 3. The van der Waals surface area contributed by atoms with Crippen LogP contribution in [0.2, 0.25) is 0 Å². The van der Waals surface area contributed by atoms with Gasteiger partial charge in [-0.15, -0.1) is 5.10 Å². The van der Waals surface area contributed by atoms with E-state index in [4.69, 9.17) is 21.2 Å². The summed E-state index contributed by atoms with van der Waals surface area (Å²) in [5.41, 5.74) is 14.2. The van der Waals surface area contributed by atoms with Crippen LogP contribution in [0.3, 0.4) is 0 Å². The largest absolute Gasteiger partial charge is 0.494 e. The van der Waals surface area contributed by atoms with Crippen LogP contribution in [0.15, 0.2) is 30.6 Å². The van der Waals surface area contributed by atoms with Crippen LogP contribution in [0.1, 0.15) is 41.9 Å². The molecule has 9 nitrogen and oxygen atoms in total. The summed E-state index contributed by atoms with van der Waals surface area (Å²) in [4.78, 5) is 17.8. The summed E-state index contributed by atoms with van der Waals surface area (Å²) in [6.07, 6.45) is 5.65. The number of rotatable bonds is 4. The molecule has 9 heteroatoms. The van der Waals surface area contributed by atoms with E-state index in [-0.39, 0.29) is 5.92 Å². The summed E-state index contributed by atoms with van der Waals surface area (Å²) in [5.74, 6) is 3.11. The molecule has 5 rings (SSSR count). The molecule has 0 saturated heterocycles. The quantitative estimate of drug-likeness (QED) is 0.551. The van der Waals surface area contributed by atoms with E-state index in [0.717, 1.165) is 29.6 Å². The number of anilines is 1. The van der Waals surface area contributed by atoms with Gasteiger partial charge in [0.05, 0.1) is 13.7 Å². The minimum atomic E-state index is 0.277. The molecular weight excluding hydrogens is 356 g/mol. The molecule has 3 aromatic heterocycles. The minimum absolute atomic E-state index is 0.277. The molecule has 0 aliphatic heterocycles. The maximum atomic E-state index is 6.13. The molecule has 4 N–H and O–H groups in total. The smallest absolute Gasteiger partial charge is 0.223 e. The molecule has 1 aliphatic carbocycles. The zero-order valence-corrected chi connectivity index (χ0v) is 15.4. The van der Waals surface area contributed by atoms with Gasteiger partial charge in [-0.25, -0.2) is 19.9 Å². The zero-order chi connectivity index (χ0) is 19.3. The molecule has 3 heterocycles. The molecule has 1 aliphatic rings.